The minimum Gasteiger partial charge on any atom is -0.489 e. The number of sulfonamides is 1. The average Bonchev–Trinajstić information content (AvgIpc) is 2.74. The van der Waals surface area contributed by atoms with Crippen molar-refractivity contribution in [1.29, 1.82) is 0 Å². The van der Waals surface area contributed by atoms with Crippen LogP contribution in [0.4, 0.5) is 18.9 Å². The highest BCUT2D eigenvalue weighted by atomic mass is 35.5. The molecular formula is C21H24ClF3N2O5S. The summed E-state index contributed by atoms with van der Waals surface area (Å²) in [6.07, 6.45) is -4.64. The molecule has 0 bridgehead atoms. The van der Waals surface area contributed by atoms with Gasteiger partial charge in [-0.3, -0.25) is 4.79 Å². The molecule has 12 heteroatoms. The lowest BCUT2D eigenvalue weighted by Crippen LogP contribution is -2.31. The minimum absolute atomic E-state index is 0.00153. The lowest BCUT2D eigenvalue weighted by molar-refractivity contribution is -0.137. The predicted molar refractivity (Wildman–Crippen MR) is 118 cm³/mol. The molecule has 0 saturated carbocycles. The molecule has 0 aliphatic heterocycles. The van der Waals surface area contributed by atoms with E-state index in [2.05, 4.69) is 5.32 Å². The zero-order valence-electron chi connectivity index (χ0n) is 18.2. The average molecular weight is 509 g/mol. The van der Waals surface area contributed by atoms with E-state index in [4.69, 9.17) is 21.1 Å². The number of methoxy groups -OCH3 is 1. The van der Waals surface area contributed by atoms with Gasteiger partial charge in [-0.15, -0.1) is 0 Å². The first-order valence-electron chi connectivity index (χ1n) is 9.89. The largest absolute Gasteiger partial charge is 0.489 e. The number of amides is 1. The van der Waals surface area contributed by atoms with Crippen LogP contribution in [-0.2, 0) is 20.9 Å². The first-order chi connectivity index (χ1) is 15.4. The summed E-state index contributed by atoms with van der Waals surface area (Å²) in [6.45, 7) is 3.92. The number of ether oxygens (including phenoxy) is 2. The molecule has 2 aromatic rings. The number of anilines is 1. The molecule has 0 aromatic heterocycles. The maximum absolute atomic E-state index is 13.2. The highest BCUT2D eigenvalue weighted by Crippen LogP contribution is 2.35. The number of alkyl halides is 3. The van der Waals surface area contributed by atoms with Crippen molar-refractivity contribution < 1.29 is 35.9 Å². The van der Waals surface area contributed by atoms with E-state index in [1.165, 1.54) is 23.5 Å². The van der Waals surface area contributed by atoms with E-state index >= 15 is 0 Å². The number of benzene rings is 2. The molecule has 0 unspecified atom stereocenters. The SMILES string of the molecule is CCN(CC)S(=O)(=O)c1cc(C(=O)Nc2cc(C(F)(F)F)ccc2OCCOC)ccc1Cl. The lowest BCUT2D eigenvalue weighted by atomic mass is 10.1. The van der Waals surface area contributed by atoms with Gasteiger partial charge in [0.25, 0.3) is 5.91 Å². The van der Waals surface area contributed by atoms with E-state index in [0.29, 0.717) is 0 Å². The second-order valence-electron chi connectivity index (χ2n) is 6.74. The van der Waals surface area contributed by atoms with Gasteiger partial charge in [0.1, 0.15) is 17.3 Å². The summed E-state index contributed by atoms with van der Waals surface area (Å²) in [5, 5.41) is 2.28. The highest BCUT2D eigenvalue weighted by molar-refractivity contribution is 7.89. The van der Waals surface area contributed by atoms with Crippen molar-refractivity contribution in [3.8, 4) is 5.75 Å². The van der Waals surface area contributed by atoms with Gasteiger partial charge >= 0.3 is 6.18 Å². The molecule has 0 fully saturated rings. The van der Waals surface area contributed by atoms with Gasteiger partial charge in [0.2, 0.25) is 10.0 Å². The molecule has 33 heavy (non-hydrogen) atoms. The Morgan fingerprint density at radius 3 is 2.33 bits per heavy atom. The third-order valence-electron chi connectivity index (χ3n) is 4.62. The van der Waals surface area contributed by atoms with E-state index in [1.54, 1.807) is 13.8 Å². The molecule has 0 radical (unpaired) electrons. The summed E-state index contributed by atoms with van der Waals surface area (Å²) in [5.41, 5.74) is -1.32. The second-order valence-corrected chi connectivity index (χ2v) is 9.05. The van der Waals surface area contributed by atoms with E-state index in [-0.39, 0.29) is 53.2 Å². The monoisotopic (exact) mass is 508 g/mol. The summed E-state index contributed by atoms with van der Waals surface area (Å²) >= 11 is 6.08. The molecule has 1 N–H and O–H groups in total. The molecule has 1 amide bonds. The molecule has 0 spiro atoms. The van der Waals surface area contributed by atoms with Crippen LogP contribution in [0.15, 0.2) is 41.3 Å². The summed E-state index contributed by atoms with van der Waals surface area (Å²) in [4.78, 5) is 12.6. The fourth-order valence-electron chi connectivity index (χ4n) is 2.90. The predicted octanol–water partition coefficient (Wildman–Crippen LogP) is 4.67. The van der Waals surface area contributed by atoms with Crippen molar-refractivity contribution >= 4 is 33.2 Å². The normalized spacial score (nSPS) is 12.1. The number of hydrogen-bond donors (Lipinski definition) is 1. The Morgan fingerprint density at radius 1 is 1.09 bits per heavy atom. The van der Waals surface area contributed by atoms with E-state index in [9.17, 15) is 26.4 Å². The van der Waals surface area contributed by atoms with Crippen LogP contribution in [0.25, 0.3) is 0 Å². The highest BCUT2D eigenvalue weighted by Gasteiger charge is 2.32. The van der Waals surface area contributed by atoms with Gasteiger partial charge < -0.3 is 14.8 Å². The topological polar surface area (TPSA) is 84.9 Å². The maximum atomic E-state index is 13.2. The second kappa shape index (κ2) is 11.2. The van der Waals surface area contributed by atoms with Crippen LogP contribution in [0.1, 0.15) is 29.8 Å². The Kier molecular flexibility index (Phi) is 9.12. The molecule has 0 aliphatic rings. The Balaban J connectivity index is 2.43. The lowest BCUT2D eigenvalue weighted by Gasteiger charge is -2.20. The molecule has 0 atom stereocenters. The molecular weight excluding hydrogens is 485 g/mol. The quantitative estimate of drug-likeness (QED) is 0.472. The van der Waals surface area contributed by atoms with Gasteiger partial charge in [-0.2, -0.15) is 17.5 Å². The van der Waals surface area contributed by atoms with Gasteiger partial charge in [-0.05, 0) is 36.4 Å². The summed E-state index contributed by atoms with van der Waals surface area (Å²) in [6, 6.07) is 6.27. The van der Waals surface area contributed by atoms with Crippen molar-refractivity contribution in [2.75, 3.05) is 38.7 Å². The number of carbonyl (C=O) groups is 1. The van der Waals surface area contributed by atoms with Crippen LogP contribution in [0.3, 0.4) is 0 Å². The van der Waals surface area contributed by atoms with Gasteiger partial charge in [-0.25, -0.2) is 8.42 Å². The number of nitrogens with zero attached hydrogens (tertiary/aromatic N) is 1. The zero-order chi connectivity index (χ0) is 24.8. The van der Waals surface area contributed by atoms with Crippen molar-refractivity contribution in [1.82, 2.24) is 4.31 Å². The smallest absolute Gasteiger partial charge is 0.416 e. The Hall–Kier alpha value is -2.34. The number of hydrogen-bond acceptors (Lipinski definition) is 5. The van der Waals surface area contributed by atoms with E-state index in [0.717, 1.165) is 24.3 Å². The van der Waals surface area contributed by atoms with Crippen LogP contribution in [-0.4, -0.2) is 52.0 Å². The third-order valence-corrected chi connectivity index (χ3v) is 7.15. The van der Waals surface area contributed by atoms with Crippen LogP contribution < -0.4 is 10.1 Å². The molecule has 0 saturated heterocycles. The fourth-order valence-corrected chi connectivity index (χ4v) is 4.86. The van der Waals surface area contributed by atoms with Gasteiger partial charge in [-0.1, -0.05) is 25.4 Å². The first-order valence-corrected chi connectivity index (χ1v) is 11.7. The van der Waals surface area contributed by atoms with Crippen LogP contribution >= 0.6 is 11.6 Å². The van der Waals surface area contributed by atoms with Crippen molar-refractivity contribution in [3.05, 3.63) is 52.5 Å². The third kappa shape index (κ3) is 6.59. The number of carbonyl (C=O) groups excluding carboxylic acids is 1. The molecule has 0 aliphatic carbocycles. The maximum Gasteiger partial charge on any atom is 0.416 e. The first kappa shape index (κ1) is 26.9. The van der Waals surface area contributed by atoms with Crippen molar-refractivity contribution in [2.24, 2.45) is 0 Å². The molecule has 182 valence electrons. The number of nitrogens with one attached hydrogen (secondary N) is 1. The number of halogens is 4. The van der Waals surface area contributed by atoms with E-state index < -0.39 is 27.7 Å². The molecule has 0 heterocycles. The van der Waals surface area contributed by atoms with E-state index in [1.807, 2.05) is 0 Å². The minimum atomic E-state index is -4.64. The van der Waals surface area contributed by atoms with Crippen LogP contribution in [0, 0.1) is 0 Å². The van der Waals surface area contributed by atoms with Crippen LogP contribution in [0.5, 0.6) is 5.75 Å². The summed E-state index contributed by atoms with van der Waals surface area (Å²) < 4.78 is 76.7. The summed E-state index contributed by atoms with van der Waals surface area (Å²) in [5.74, 6) is -0.836. The molecule has 7 nitrogen and oxygen atoms in total. The summed E-state index contributed by atoms with van der Waals surface area (Å²) in [7, 11) is -2.54. The Labute approximate surface area is 195 Å². The number of rotatable bonds is 10. The zero-order valence-corrected chi connectivity index (χ0v) is 19.8. The fraction of sp³-hybridized carbons (Fsp3) is 0.381. The van der Waals surface area contributed by atoms with Crippen molar-refractivity contribution in [2.45, 2.75) is 24.9 Å². The van der Waals surface area contributed by atoms with Gasteiger partial charge in [0, 0.05) is 25.8 Å². The molecule has 2 rings (SSSR count). The van der Waals surface area contributed by atoms with Gasteiger partial charge in [0.05, 0.1) is 22.9 Å². The standard InChI is InChI=1S/C21H24ClF3N2O5S/c1-4-27(5-2)33(29,30)19-12-14(6-8-16(19)22)20(28)26-17-13-15(21(23,24)25)7-9-18(17)32-11-10-31-3/h6-9,12-13H,4-5,10-11H2,1-3H3,(H,26,28). The van der Waals surface area contributed by atoms with Gasteiger partial charge in [0.15, 0.2) is 0 Å². The Bertz CT molecular complexity index is 1090. The van der Waals surface area contributed by atoms with Crippen LogP contribution in [0.2, 0.25) is 5.02 Å². The van der Waals surface area contributed by atoms with Crippen molar-refractivity contribution in [3.63, 3.8) is 0 Å². The Morgan fingerprint density at radius 2 is 1.76 bits per heavy atom. The molecule has 2 aromatic carbocycles.